The van der Waals surface area contributed by atoms with E-state index in [1.165, 1.54) is 64.2 Å². The molecule has 0 aromatic carbocycles. The zero-order chi connectivity index (χ0) is 45.1. The number of aliphatic hydroxyl groups is 5. The van der Waals surface area contributed by atoms with Crippen molar-refractivity contribution in [3.05, 3.63) is 85.1 Å². The molecule has 62 heavy (non-hydrogen) atoms. The first kappa shape index (κ1) is 57.4. The summed E-state index contributed by atoms with van der Waals surface area (Å²) in [5.74, 6) is -0.209. The van der Waals surface area contributed by atoms with Gasteiger partial charge in [-0.2, -0.15) is 0 Å². The third-order valence-electron chi connectivity index (χ3n) is 11.2. The Bertz CT molecular complexity index is 1240. The predicted molar refractivity (Wildman–Crippen MR) is 258 cm³/mol. The van der Waals surface area contributed by atoms with Crippen LogP contribution in [-0.2, 0) is 14.3 Å². The molecule has 6 N–H and O–H groups in total. The molecular weight excluding hydrogens is 779 g/mol. The fraction of sp³-hybridized carbons (Fsp3) is 0.717. The van der Waals surface area contributed by atoms with Crippen LogP contribution < -0.4 is 5.32 Å². The second-order valence-electron chi connectivity index (χ2n) is 16.9. The molecule has 1 aliphatic rings. The van der Waals surface area contributed by atoms with E-state index >= 15 is 0 Å². The zero-order valence-electron chi connectivity index (χ0n) is 39.1. The summed E-state index contributed by atoms with van der Waals surface area (Å²) in [6.07, 6.45) is 52.0. The van der Waals surface area contributed by atoms with Crippen LogP contribution in [0.15, 0.2) is 85.1 Å². The van der Waals surface area contributed by atoms with Crippen LogP contribution in [0.3, 0.4) is 0 Å². The average Bonchev–Trinajstić information content (AvgIpc) is 3.27. The van der Waals surface area contributed by atoms with Crippen molar-refractivity contribution in [2.24, 2.45) is 0 Å². The van der Waals surface area contributed by atoms with Crippen molar-refractivity contribution in [1.82, 2.24) is 5.32 Å². The summed E-state index contributed by atoms with van der Waals surface area (Å²) >= 11 is 0. The van der Waals surface area contributed by atoms with Gasteiger partial charge in [0.25, 0.3) is 0 Å². The Balaban J connectivity index is 2.38. The van der Waals surface area contributed by atoms with E-state index in [1.54, 1.807) is 6.08 Å². The lowest BCUT2D eigenvalue weighted by molar-refractivity contribution is -0.302. The predicted octanol–water partition coefficient (Wildman–Crippen LogP) is 11.1. The maximum absolute atomic E-state index is 13.0. The smallest absolute Gasteiger partial charge is 0.220 e. The lowest BCUT2D eigenvalue weighted by Crippen LogP contribution is -2.60. The second kappa shape index (κ2) is 42.3. The summed E-state index contributed by atoms with van der Waals surface area (Å²) in [5, 5.41) is 54.3. The Labute approximate surface area is 378 Å². The number of hydrogen-bond acceptors (Lipinski definition) is 8. The van der Waals surface area contributed by atoms with E-state index in [0.717, 1.165) is 103 Å². The molecule has 0 aliphatic carbocycles. The van der Waals surface area contributed by atoms with Crippen LogP contribution >= 0.6 is 0 Å². The quantitative estimate of drug-likeness (QED) is 0.0263. The Hall–Kier alpha value is -2.63. The molecule has 9 heteroatoms. The summed E-state index contributed by atoms with van der Waals surface area (Å²) in [6, 6.07) is -0.841. The van der Waals surface area contributed by atoms with E-state index in [0.29, 0.717) is 6.42 Å². The number of carbonyl (C=O) groups excluding carboxylic acids is 1. The molecule has 7 unspecified atom stereocenters. The number of allylic oxidation sites excluding steroid dienone is 13. The highest BCUT2D eigenvalue weighted by Gasteiger charge is 2.44. The standard InChI is InChI=1S/C53H91NO8/c1-3-5-7-9-11-13-15-17-19-21-23-25-26-28-30-32-34-36-38-40-42-47(56)46(45-61-53-52(60)51(59)50(58)48(44-55)62-53)54-49(57)43-41-39-37-35-33-31-29-27-24-22-20-18-16-14-12-10-8-6-4-2/h6,8,12,14,18,20,24-27,32,34,40,42,46-48,50-53,55-56,58-60H,3-5,7,9-11,13,15-17,19,21-23,28-31,33,35-39,41,43-45H2,1-2H3,(H,54,57)/b8-6-,14-12-,20-18-,26-25+,27-24-,34-32+,42-40+. The van der Waals surface area contributed by atoms with Crippen molar-refractivity contribution in [1.29, 1.82) is 0 Å². The molecular formula is C53H91NO8. The van der Waals surface area contributed by atoms with Crippen LogP contribution in [0.2, 0.25) is 0 Å². The minimum atomic E-state index is -1.58. The molecule has 0 aromatic heterocycles. The Morgan fingerprint density at radius 2 is 1.02 bits per heavy atom. The van der Waals surface area contributed by atoms with Gasteiger partial charge in [-0.25, -0.2) is 0 Å². The van der Waals surface area contributed by atoms with Crippen LogP contribution in [0.4, 0.5) is 0 Å². The molecule has 1 rings (SSSR count). The summed E-state index contributed by atoms with van der Waals surface area (Å²) in [4.78, 5) is 13.0. The number of nitrogens with one attached hydrogen (secondary N) is 1. The van der Waals surface area contributed by atoms with Crippen molar-refractivity contribution in [2.75, 3.05) is 13.2 Å². The van der Waals surface area contributed by atoms with E-state index in [1.807, 2.05) is 6.08 Å². The fourth-order valence-electron chi connectivity index (χ4n) is 7.24. The van der Waals surface area contributed by atoms with Gasteiger partial charge in [-0.3, -0.25) is 4.79 Å². The van der Waals surface area contributed by atoms with Crippen molar-refractivity contribution < 1.29 is 39.8 Å². The van der Waals surface area contributed by atoms with Crippen LogP contribution in [0.5, 0.6) is 0 Å². The number of ether oxygens (including phenoxy) is 2. The summed E-state index contributed by atoms with van der Waals surface area (Å²) < 4.78 is 11.2. The first-order valence-electron chi connectivity index (χ1n) is 24.8. The normalized spacial score (nSPS) is 21.0. The topological polar surface area (TPSA) is 149 Å². The van der Waals surface area contributed by atoms with Gasteiger partial charge in [-0.1, -0.05) is 182 Å². The van der Waals surface area contributed by atoms with Gasteiger partial charge in [0.05, 0.1) is 25.4 Å². The van der Waals surface area contributed by atoms with Gasteiger partial charge in [0.15, 0.2) is 6.29 Å². The number of carbonyl (C=O) groups is 1. The fourth-order valence-corrected chi connectivity index (χ4v) is 7.24. The third-order valence-corrected chi connectivity index (χ3v) is 11.2. The molecule has 0 spiro atoms. The highest BCUT2D eigenvalue weighted by molar-refractivity contribution is 5.76. The van der Waals surface area contributed by atoms with E-state index in [4.69, 9.17) is 9.47 Å². The molecule has 0 saturated carbocycles. The van der Waals surface area contributed by atoms with Crippen molar-refractivity contribution in [2.45, 2.75) is 230 Å². The molecule has 0 radical (unpaired) electrons. The summed E-state index contributed by atoms with van der Waals surface area (Å²) in [5.41, 5.74) is 0. The molecule has 9 nitrogen and oxygen atoms in total. The molecule has 0 aromatic rings. The third kappa shape index (κ3) is 32.1. The van der Waals surface area contributed by atoms with Crippen LogP contribution in [-0.4, -0.2) is 87.5 Å². The number of unbranched alkanes of at least 4 members (excludes halogenated alkanes) is 18. The summed E-state index contributed by atoms with van der Waals surface area (Å²) in [7, 11) is 0. The number of aliphatic hydroxyl groups excluding tert-OH is 5. The first-order chi connectivity index (χ1) is 30.3. The van der Waals surface area contributed by atoms with E-state index in [-0.39, 0.29) is 12.5 Å². The first-order valence-corrected chi connectivity index (χ1v) is 24.8. The van der Waals surface area contributed by atoms with E-state index in [2.05, 4.69) is 92.1 Å². The maximum Gasteiger partial charge on any atom is 0.220 e. The minimum absolute atomic E-state index is 0.209. The van der Waals surface area contributed by atoms with Crippen molar-refractivity contribution >= 4 is 5.91 Å². The molecule has 356 valence electrons. The van der Waals surface area contributed by atoms with Gasteiger partial charge in [-0.05, 0) is 83.5 Å². The van der Waals surface area contributed by atoms with Crippen LogP contribution in [0.25, 0.3) is 0 Å². The molecule has 1 amide bonds. The Kier molecular flexibility index (Phi) is 39.2. The van der Waals surface area contributed by atoms with E-state index in [9.17, 15) is 30.3 Å². The van der Waals surface area contributed by atoms with Crippen molar-refractivity contribution in [3.63, 3.8) is 0 Å². The Morgan fingerprint density at radius 3 is 1.55 bits per heavy atom. The number of hydrogen-bond donors (Lipinski definition) is 6. The number of amides is 1. The second-order valence-corrected chi connectivity index (χ2v) is 16.9. The van der Waals surface area contributed by atoms with Gasteiger partial charge in [0.2, 0.25) is 5.91 Å². The summed E-state index contributed by atoms with van der Waals surface area (Å²) in [6.45, 7) is 3.62. The largest absolute Gasteiger partial charge is 0.394 e. The van der Waals surface area contributed by atoms with E-state index < -0.39 is 49.5 Å². The molecule has 7 atom stereocenters. The SMILES string of the molecule is CC/C=C\C/C=C\C/C=C\C/C=C\CCCCCCCCC(=O)NC(COC1OC(CO)C(O)C(O)C1O)C(O)/C=C/CC/C=C/CC/C=C/CCCCCCCCCCCC. The van der Waals surface area contributed by atoms with Gasteiger partial charge in [0, 0.05) is 6.42 Å². The average molecular weight is 870 g/mol. The monoisotopic (exact) mass is 870 g/mol. The molecule has 1 aliphatic heterocycles. The van der Waals surface area contributed by atoms with Crippen LogP contribution in [0, 0.1) is 0 Å². The van der Waals surface area contributed by atoms with Gasteiger partial charge >= 0.3 is 0 Å². The maximum atomic E-state index is 13.0. The number of rotatable bonds is 40. The molecule has 0 bridgehead atoms. The van der Waals surface area contributed by atoms with Crippen LogP contribution in [0.1, 0.15) is 187 Å². The van der Waals surface area contributed by atoms with Gasteiger partial charge in [-0.15, -0.1) is 0 Å². The van der Waals surface area contributed by atoms with Gasteiger partial charge in [0.1, 0.15) is 24.4 Å². The lowest BCUT2D eigenvalue weighted by Gasteiger charge is -2.40. The van der Waals surface area contributed by atoms with Gasteiger partial charge < -0.3 is 40.3 Å². The van der Waals surface area contributed by atoms with Crippen molar-refractivity contribution in [3.8, 4) is 0 Å². The zero-order valence-corrected chi connectivity index (χ0v) is 39.1. The molecule has 1 heterocycles. The Morgan fingerprint density at radius 1 is 0.565 bits per heavy atom. The molecule has 1 saturated heterocycles. The molecule has 1 fully saturated rings. The highest BCUT2D eigenvalue weighted by Crippen LogP contribution is 2.22. The minimum Gasteiger partial charge on any atom is -0.394 e. The lowest BCUT2D eigenvalue weighted by atomic mass is 9.99. The highest BCUT2D eigenvalue weighted by atomic mass is 16.7.